The summed E-state index contributed by atoms with van der Waals surface area (Å²) in [6, 6.07) is 0. The fraction of sp³-hybridized carbons (Fsp3) is 0.750. The summed E-state index contributed by atoms with van der Waals surface area (Å²) in [5, 5.41) is 16.7. The predicted molar refractivity (Wildman–Crippen MR) is 27.5 cm³/mol. The van der Waals surface area contributed by atoms with E-state index in [9.17, 15) is 0 Å². The fourth-order valence-electron chi connectivity index (χ4n) is 0.208. The van der Waals surface area contributed by atoms with Crippen molar-refractivity contribution >= 4 is 0 Å². The van der Waals surface area contributed by atoms with E-state index in [2.05, 4.69) is 17.4 Å². The lowest BCUT2D eigenvalue weighted by molar-refractivity contribution is -0.0233. The van der Waals surface area contributed by atoms with Crippen molar-refractivity contribution in [3.63, 3.8) is 0 Å². The van der Waals surface area contributed by atoms with Crippen molar-refractivity contribution in [2.45, 2.75) is 6.10 Å². The number of nitrogens with one attached hydrogen (secondary N) is 1. The Balaban J connectivity index is 2.86. The van der Waals surface area contributed by atoms with Crippen LogP contribution in [0.4, 0.5) is 0 Å². The van der Waals surface area contributed by atoms with Crippen LogP contribution in [0, 0.1) is 7.05 Å². The van der Waals surface area contributed by atoms with Gasteiger partial charge in [0.25, 0.3) is 0 Å². The number of hydrogen-bond donors (Lipinski definition) is 3. The van der Waals surface area contributed by atoms with Crippen LogP contribution in [0.15, 0.2) is 0 Å². The molecule has 0 saturated carbocycles. The molecule has 1 atom stereocenters. The van der Waals surface area contributed by atoms with Crippen LogP contribution in [0.1, 0.15) is 0 Å². The van der Waals surface area contributed by atoms with Crippen LogP contribution in [0.2, 0.25) is 0 Å². The van der Waals surface area contributed by atoms with Crippen molar-refractivity contribution in [3.8, 4) is 0 Å². The van der Waals surface area contributed by atoms with Gasteiger partial charge in [-0.15, -0.1) is 0 Å². The highest BCUT2D eigenvalue weighted by atomic mass is 16.6. The van der Waals surface area contributed by atoms with E-state index in [0.29, 0.717) is 0 Å². The fourth-order valence-corrected chi connectivity index (χ4v) is 0.208. The zero-order valence-corrected chi connectivity index (χ0v) is 4.50. The first kappa shape index (κ1) is 7.84. The minimum atomic E-state index is -0.816. The van der Waals surface area contributed by atoms with Gasteiger partial charge >= 0.3 is 0 Å². The Kier molecular flexibility index (Phi) is 4.89. The number of hydrogen-bond acceptors (Lipinski definition) is 4. The van der Waals surface area contributed by atoms with Crippen molar-refractivity contribution < 1.29 is 15.1 Å². The molecule has 0 spiro atoms. The van der Waals surface area contributed by atoms with E-state index >= 15 is 0 Å². The molecule has 4 nitrogen and oxygen atoms in total. The molecule has 0 aromatic carbocycles. The molecule has 3 N–H and O–H groups in total. The molecule has 0 aromatic heterocycles. The summed E-state index contributed by atoms with van der Waals surface area (Å²) in [4.78, 5) is 4.42. The third kappa shape index (κ3) is 4.01. The van der Waals surface area contributed by atoms with Crippen LogP contribution in [-0.4, -0.2) is 29.5 Å². The summed E-state index contributed by atoms with van der Waals surface area (Å²) in [5.41, 5.74) is 2.11. The zero-order chi connectivity index (χ0) is 6.41. The maximum absolute atomic E-state index is 8.55. The van der Waals surface area contributed by atoms with E-state index < -0.39 is 6.10 Å². The molecule has 0 aliphatic carbocycles. The molecule has 49 valence electrons. The Morgan fingerprint density at radius 1 is 1.75 bits per heavy atom. The second-order valence-corrected chi connectivity index (χ2v) is 1.29. The Morgan fingerprint density at radius 3 is 2.75 bits per heavy atom. The highest BCUT2D eigenvalue weighted by Gasteiger charge is 1.98. The molecule has 0 saturated heterocycles. The molecule has 1 unspecified atom stereocenters. The summed E-state index contributed by atoms with van der Waals surface area (Å²) >= 11 is 0. The van der Waals surface area contributed by atoms with E-state index in [1.165, 1.54) is 0 Å². The highest BCUT2D eigenvalue weighted by Crippen LogP contribution is 1.78. The van der Waals surface area contributed by atoms with Crippen molar-refractivity contribution in [1.82, 2.24) is 5.48 Å². The topological polar surface area (TPSA) is 61.7 Å². The number of hydroxylamine groups is 1. The predicted octanol–water partition coefficient (Wildman–Crippen LogP) is -1.35. The summed E-state index contributed by atoms with van der Waals surface area (Å²) in [7, 11) is 3.13. The first-order chi connectivity index (χ1) is 3.81. The molecule has 0 aromatic rings. The van der Waals surface area contributed by atoms with E-state index in [1.807, 2.05) is 0 Å². The highest BCUT2D eigenvalue weighted by molar-refractivity contribution is 4.46. The molecular weight excluding hydrogens is 110 g/mol. The first-order valence-electron chi connectivity index (χ1n) is 2.24. The molecule has 0 aliphatic heterocycles. The second kappa shape index (κ2) is 4.99. The van der Waals surface area contributed by atoms with Crippen LogP contribution in [0.3, 0.4) is 0 Å². The minimum absolute atomic E-state index is 0.0556. The molecule has 4 heteroatoms. The monoisotopic (exact) mass is 120 g/mol. The standard InChI is InChI=1S/C4H10NO3/c1-5-8-3-4(7)2-6/h4-7H,1-3H2. The molecule has 0 amide bonds. The SMILES string of the molecule is [CH2]NOCC(O)CO. The molecule has 0 fully saturated rings. The zero-order valence-electron chi connectivity index (χ0n) is 4.50. The molecular formula is C4H10NO3. The summed E-state index contributed by atoms with van der Waals surface area (Å²) in [5.74, 6) is 0. The van der Waals surface area contributed by atoms with E-state index in [4.69, 9.17) is 10.2 Å². The first-order valence-corrected chi connectivity index (χ1v) is 2.24. The molecule has 1 radical (unpaired) electrons. The normalized spacial score (nSPS) is 13.9. The minimum Gasteiger partial charge on any atom is -0.394 e. The average Bonchev–Trinajstić information content (AvgIpc) is 1.83. The van der Waals surface area contributed by atoms with Crippen LogP contribution in [0.25, 0.3) is 0 Å². The van der Waals surface area contributed by atoms with E-state index in [1.54, 1.807) is 0 Å². The molecule has 0 bridgehead atoms. The third-order valence-corrected chi connectivity index (χ3v) is 0.589. The van der Waals surface area contributed by atoms with Gasteiger partial charge in [-0.25, -0.2) is 5.48 Å². The average molecular weight is 120 g/mol. The lowest BCUT2D eigenvalue weighted by Gasteiger charge is -2.04. The lowest BCUT2D eigenvalue weighted by Crippen LogP contribution is -2.22. The van der Waals surface area contributed by atoms with Gasteiger partial charge in [-0.05, 0) is 0 Å². The van der Waals surface area contributed by atoms with Gasteiger partial charge in [-0.1, -0.05) is 0 Å². The van der Waals surface area contributed by atoms with Gasteiger partial charge in [0, 0.05) is 7.05 Å². The van der Waals surface area contributed by atoms with Crippen LogP contribution < -0.4 is 5.48 Å². The summed E-state index contributed by atoms with van der Waals surface area (Å²) in [6.07, 6.45) is -0.816. The van der Waals surface area contributed by atoms with Gasteiger partial charge in [0.15, 0.2) is 0 Å². The number of aliphatic hydroxyl groups is 2. The lowest BCUT2D eigenvalue weighted by atomic mass is 10.4. The summed E-state index contributed by atoms with van der Waals surface area (Å²) in [6.45, 7) is -0.234. The Labute approximate surface area is 48.0 Å². The van der Waals surface area contributed by atoms with Crippen LogP contribution in [-0.2, 0) is 4.84 Å². The van der Waals surface area contributed by atoms with Gasteiger partial charge in [-0.3, -0.25) is 4.84 Å². The van der Waals surface area contributed by atoms with Crippen molar-refractivity contribution in [3.05, 3.63) is 7.05 Å². The number of aliphatic hydroxyl groups excluding tert-OH is 2. The van der Waals surface area contributed by atoms with Gasteiger partial charge in [0.1, 0.15) is 6.10 Å². The molecule has 0 aliphatic rings. The van der Waals surface area contributed by atoms with Crippen molar-refractivity contribution in [1.29, 1.82) is 0 Å². The maximum atomic E-state index is 8.55. The van der Waals surface area contributed by atoms with Gasteiger partial charge in [-0.2, -0.15) is 0 Å². The smallest absolute Gasteiger partial charge is 0.102 e. The number of rotatable bonds is 4. The van der Waals surface area contributed by atoms with Crippen LogP contribution in [0.5, 0.6) is 0 Å². The van der Waals surface area contributed by atoms with E-state index in [-0.39, 0.29) is 13.2 Å². The molecule has 8 heavy (non-hydrogen) atoms. The summed E-state index contributed by atoms with van der Waals surface area (Å²) < 4.78 is 0. The van der Waals surface area contributed by atoms with Crippen molar-refractivity contribution in [2.75, 3.05) is 13.2 Å². The van der Waals surface area contributed by atoms with Crippen molar-refractivity contribution in [2.24, 2.45) is 0 Å². The maximum Gasteiger partial charge on any atom is 0.102 e. The Bertz CT molecular complexity index is 50.5. The Morgan fingerprint density at radius 2 is 2.38 bits per heavy atom. The van der Waals surface area contributed by atoms with Gasteiger partial charge in [0.05, 0.1) is 13.2 Å². The largest absolute Gasteiger partial charge is 0.394 e. The van der Waals surface area contributed by atoms with Gasteiger partial charge in [0.2, 0.25) is 0 Å². The quantitative estimate of drug-likeness (QED) is 0.401. The third-order valence-electron chi connectivity index (χ3n) is 0.589. The van der Waals surface area contributed by atoms with E-state index in [0.717, 1.165) is 0 Å². The Hall–Kier alpha value is -0.160. The van der Waals surface area contributed by atoms with Gasteiger partial charge < -0.3 is 10.2 Å². The second-order valence-electron chi connectivity index (χ2n) is 1.29. The molecule has 0 rings (SSSR count). The molecule has 0 heterocycles. The van der Waals surface area contributed by atoms with Crippen LogP contribution >= 0.6 is 0 Å².